The lowest BCUT2D eigenvalue weighted by molar-refractivity contribution is 0.0673. The Morgan fingerprint density at radius 3 is 2.84 bits per heavy atom. The number of nitrogens with one attached hydrogen (secondary N) is 1. The molecule has 2 heterocycles. The molecule has 0 radical (unpaired) electrons. The van der Waals surface area contributed by atoms with Crippen LogP contribution >= 0.6 is 11.3 Å². The third kappa shape index (κ3) is 3.82. The summed E-state index contributed by atoms with van der Waals surface area (Å²) >= 11 is 1.71. The van der Waals surface area contributed by atoms with Crippen LogP contribution in [0, 0.1) is 6.92 Å². The van der Waals surface area contributed by atoms with Crippen LogP contribution < -0.4 is 0 Å². The number of carbonyl (C=O) groups is 1. The number of nitrogens with zero attached hydrogens (tertiary/aromatic N) is 2. The Labute approximate surface area is 152 Å². The summed E-state index contributed by atoms with van der Waals surface area (Å²) in [6.07, 6.45) is 4.43. The summed E-state index contributed by atoms with van der Waals surface area (Å²) in [6.45, 7) is 6.98. The fourth-order valence-corrected chi connectivity index (χ4v) is 3.66. The molecule has 3 aromatic rings. The number of benzene rings is 1. The van der Waals surface area contributed by atoms with E-state index in [1.165, 1.54) is 10.4 Å². The second-order valence-electron chi connectivity index (χ2n) is 6.24. The minimum Gasteiger partial charge on any atom is -0.345 e. The summed E-state index contributed by atoms with van der Waals surface area (Å²) < 4.78 is 0. The van der Waals surface area contributed by atoms with E-state index in [4.69, 9.17) is 0 Å². The first-order chi connectivity index (χ1) is 12.1. The molecule has 0 aliphatic carbocycles. The normalized spacial score (nSPS) is 12.1. The topological polar surface area (TPSA) is 49.0 Å². The summed E-state index contributed by atoms with van der Waals surface area (Å²) in [5.74, 6) is 0.842. The number of hydrogen-bond donors (Lipinski definition) is 1. The average Bonchev–Trinajstić information content (AvgIpc) is 3.30. The Hall–Kier alpha value is -2.40. The highest BCUT2D eigenvalue weighted by Gasteiger charge is 2.22. The van der Waals surface area contributed by atoms with E-state index in [-0.39, 0.29) is 11.9 Å². The minimum atomic E-state index is 0.0653. The van der Waals surface area contributed by atoms with E-state index in [0.717, 1.165) is 17.8 Å². The molecule has 0 saturated carbocycles. The maximum Gasteiger partial charge on any atom is 0.254 e. The lowest BCUT2D eigenvalue weighted by atomic mass is 10.1. The number of imidazole rings is 1. The maximum absolute atomic E-state index is 13.2. The number of aromatic amines is 1. The van der Waals surface area contributed by atoms with Gasteiger partial charge in [0.2, 0.25) is 0 Å². The summed E-state index contributed by atoms with van der Waals surface area (Å²) in [4.78, 5) is 23.8. The van der Waals surface area contributed by atoms with Crippen LogP contribution in [0.3, 0.4) is 0 Å². The van der Waals surface area contributed by atoms with Gasteiger partial charge in [-0.25, -0.2) is 4.98 Å². The molecule has 0 spiro atoms. The van der Waals surface area contributed by atoms with E-state index in [1.54, 1.807) is 23.7 Å². The fraction of sp³-hybridized carbons (Fsp3) is 0.300. The summed E-state index contributed by atoms with van der Waals surface area (Å²) in [7, 11) is 0. The third-order valence-electron chi connectivity index (χ3n) is 4.55. The van der Waals surface area contributed by atoms with Gasteiger partial charge in [0.15, 0.2) is 0 Å². The second kappa shape index (κ2) is 7.66. The molecule has 130 valence electrons. The van der Waals surface area contributed by atoms with E-state index in [9.17, 15) is 4.79 Å². The number of aromatic nitrogens is 2. The van der Waals surface area contributed by atoms with Gasteiger partial charge >= 0.3 is 0 Å². The van der Waals surface area contributed by atoms with Crippen LogP contribution in [-0.4, -0.2) is 26.8 Å². The highest BCUT2D eigenvalue weighted by Crippen LogP contribution is 2.23. The molecular formula is C20H23N3OS. The van der Waals surface area contributed by atoms with Gasteiger partial charge in [-0.3, -0.25) is 4.79 Å². The first-order valence-electron chi connectivity index (χ1n) is 8.54. The van der Waals surface area contributed by atoms with E-state index in [1.807, 2.05) is 29.2 Å². The standard InChI is InChI=1S/C20H23N3OS/c1-4-15(3)23(13-18-14(2)8-11-25-18)20(24)17-7-5-6-16(12-17)19-21-9-10-22-19/h5-12,15H,4,13H2,1-3H3,(H,21,22)/t15-/m0/s1. The van der Waals surface area contributed by atoms with Crippen molar-refractivity contribution in [3.05, 3.63) is 64.1 Å². The molecule has 1 N–H and O–H groups in total. The van der Waals surface area contributed by atoms with Crippen LogP contribution in [0.15, 0.2) is 48.1 Å². The van der Waals surface area contributed by atoms with Gasteiger partial charge in [-0.1, -0.05) is 19.1 Å². The predicted molar refractivity (Wildman–Crippen MR) is 103 cm³/mol. The van der Waals surface area contributed by atoms with Gasteiger partial charge in [-0.2, -0.15) is 0 Å². The third-order valence-corrected chi connectivity index (χ3v) is 5.55. The van der Waals surface area contributed by atoms with Gasteiger partial charge in [0, 0.05) is 34.4 Å². The first-order valence-corrected chi connectivity index (χ1v) is 9.42. The summed E-state index contributed by atoms with van der Waals surface area (Å²) in [5.41, 5.74) is 2.87. The molecular weight excluding hydrogens is 330 g/mol. The molecule has 0 aliphatic rings. The van der Waals surface area contributed by atoms with Gasteiger partial charge in [-0.05, 0) is 49.4 Å². The highest BCUT2D eigenvalue weighted by atomic mass is 32.1. The number of thiophene rings is 1. The lowest BCUT2D eigenvalue weighted by Crippen LogP contribution is -2.37. The zero-order chi connectivity index (χ0) is 17.8. The molecule has 5 heteroatoms. The smallest absolute Gasteiger partial charge is 0.254 e. The van der Waals surface area contributed by atoms with Gasteiger partial charge in [0.25, 0.3) is 5.91 Å². The minimum absolute atomic E-state index is 0.0653. The van der Waals surface area contributed by atoms with Gasteiger partial charge in [-0.15, -0.1) is 11.3 Å². The van der Waals surface area contributed by atoms with E-state index < -0.39 is 0 Å². The van der Waals surface area contributed by atoms with Crippen LogP contribution in [0.2, 0.25) is 0 Å². The monoisotopic (exact) mass is 353 g/mol. The first kappa shape index (κ1) is 17.4. The van der Waals surface area contributed by atoms with Crippen molar-refractivity contribution in [3.8, 4) is 11.4 Å². The van der Waals surface area contributed by atoms with Gasteiger partial charge in [0.1, 0.15) is 5.82 Å². The van der Waals surface area contributed by atoms with Crippen LogP contribution in [0.1, 0.15) is 41.1 Å². The molecule has 0 saturated heterocycles. The Morgan fingerprint density at radius 1 is 1.36 bits per heavy atom. The predicted octanol–water partition coefficient (Wildman–Crippen LogP) is 4.89. The number of H-pyrrole nitrogens is 1. The number of amides is 1. The van der Waals surface area contributed by atoms with Crippen molar-refractivity contribution in [3.63, 3.8) is 0 Å². The molecule has 1 atom stereocenters. The maximum atomic E-state index is 13.2. The number of hydrogen-bond acceptors (Lipinski definition) is 3. The molecule has 1 amide bonds. The molecule has 4 nitrogen and oxygen atoms in total. The van der Waals surface area contributed by atoms with Crippen LogP contribution in [0.5, 0.6) is 0 Å². The number of rotatable bonds is 6. The Balaban J connectivity index is 1.89. The zero-order valence-corrected chi connectivity index (χ0v) is 15.6. The fourth-order valence-electron chi connectivity index (χ4n) is 2.76. The van der Waals surface area contributed by atoms with Crippen molar-refractivity contribution >= 4 is 17.2 Å². The SMILES string of the molecule is CC[C@H](C)N(Cc1sccc1C)C(=O)c1cccc(-c2ncc[nH]2)c1. The van der Waals surface area contributed by atoms with Crippen LogP contribution in [0.25, 0.3) is 11.4 Å². The van der Waals surface area contributed by atoms with Crippen molar-refractivity contribution in [1.82, 2.24) is 14.9 Å². The van der Waals surface area contributed by atoms with E-state index >= 15 is 0 Å². The second-order valence-corrected chi connectivity index (χ2v) is 7.24. The molecule has 3 rings (SSSR count). The van der Waals surface area contributed by atoms with E-state index in [2.05, 4.69) is 42.2 Å². The van der Waals surface area contributed by atoms with Crippen molar-refractivity contribution in [2.75, 3.05) is 0 Å². The molecule has 0 fully saturated rings. The van der Waals surface area contributed by atoms with Crippen molar-refractivity contribution in [2.24, 2.45) is 0 Å². The highest BCUT2D eigenvalue weighted by molar-refractivity contribution is 7.10. The Bertz CT molecular complexity index is 838. The van der Waals surface area contributed by atoms with Crippen molar-refractivity contribution in [1.29, 1.82) is 0 Å². The van der Waals surface area contributed by atoms with Gasteiger partial charge in [0.05, 0.1) is 6.54 Å². The van der Waals surface area contributed by atoms with E-state index in [0.29, 0.717) is 12.1 Å². The van der Waals surface area contributed by atoms with Crippen LogP contribution in [0.4, 0.5) is 0 Å². The largest absolute Gasteiger partial charge is 0.345 e. The number of carbonyl (C=O) groups excluding carboxylic acids is 1. The Morgan fingerprint density at radius 2 is 2.20 bits per heavy atom. The molecule has 0 aliphatic heterocycles. The van der Waals surface area contributed by atoms with Gasteiger partial charge < -0.3 is 9.88 Å². The van der Waals surface area contributed by atoms with Crippen molar-refractivity contribution < 1.29 is 4.79 Å². The lowest BCUT2D eigenvalue weighted by Gasteiger charge is -2.29. The summed E-state index contributed by atoms with van der Waals surface area (Å²) in [6, 6.07) is 9.96. The molecule has 2 aromatic heterocycles. The Kier molecular flexibility index (Phi) is 5.34. The quantitative estimate of drug-likeness (QED) is 0.686. The molecule has 0 bridgehead atoms. The average molecular weight is 353 g/mol. The molecule has 1 aromatic carbocycles. The van der Waals surface area contributed by atoms with Crippen molar-refractivity contribution in [2.45, 2.75) is 39.8 Å². The molecule has 0 unspecified atom stereocenters. The van der Waals surface area contributed by atoms with Crippen LogP contribution in [-0.2, 0) is 6.54 Å². The number of aryl methyl sites for hydroxylation is 1. The zero-order valence-electron chi connectivity index (χ0n) is 14.8. The summed E-state index contributed by atoms with van der Waals surface area (Å²) in [5, 5.41) is 2.08. The molecule has 25 heavy (non-hydrogen) atoms.